The molecule has 3 rings (SSSR count). The molecular weight excluding hydrogens is 206 g/mol. The summed E-state index contributed by atoms with van der Waals surface area (Å²) in [7, 11) is 0. The Labute approximate surface area is 92.7 Å². The first-order valence-electron chi connectivity index (χ1n) is 5.04. The second-order valence-corrected chi connectivity index (χ2v) is 5.02. The van der Waals surface area contributed by atoms with E-state index in [0.717, 1.165) is 0 Å². The van der Waals surface area contributed by atoms with Gasteiger partial charge in [0, 0.05) is 11.4 Å². The maximum absolute atomic E-state index is 12.0. The van der Waals surface area contributed by atoms with Crippen molar-refractivity contribution in [2.45, 2.75) is 16.8 Å². The number of thioether (sulfide) groups is 1. The van der Waals surface area contributed by atoms with E-state index in [1.165, 1.54) is 5.03 Å². The Morgan fingerprint density at radius 1 is 1.33 bits per heavy atom. The van der Waals surface area contributed by atoms with Gasteiger partial charge in [-0.2, -0.15) is 0 Å². The number of allylic oxidation sites excluding steroid dienone is 3. The van der Waals surface area contributed by atoms with Crippen LogP contribution in [0.25, 0.3) is 0 Å². The van der Waals surface area contributed by atoms with Crippen LogP contribution in [0.3, 0.4) is 0 Å². The maximum Gasteiger partial charge on any atom is 0.160 e. The van der Waals surface area contributed by atoms with Crippen LogP contribution in [0, 0.1) is 5.92 Å². The fourth-order valence-electron chi connectivity index (χ4n) is 2.04. The first kappa shape index (κ1) is 9.04. The Morgan fingerprint density at radius 2 is 2.20 bits per heavy atom. The van der Waals surface area contributed by atoms with Gasteiger partial charge in [0.15, 0.2) is 5.78 Å². The summed E-state index contributed by atoms with van der Waals surface area (Å²) in [5.41, 5.74) is 0. The number of Topliss-reactive ketones (excluding diaryl/α,β-unsaturated/α-hetero) is 1. The van der Waals surface area contributed by atoms with Crippen LogP contribution >= 0.6 is 11.8 Å². The molecule has 0 radical (unpaired) electrons. The summed E-state index contributed by atoms with van der Waals surface area (Å²) in [5, 5.41) is 1.47. The smallest absolute Gasteiger partial charge is 0.160 e. The van der Waals surface area contributed by atoms with E-state index in [4.69, 9.17) is 0 Å². The summed E-state index contributed by atoms with van der Waals surface area (Å²) < 4.78 is 2.03. The van der Waals surface area contributed by atoms with Crippen molar-refractivity contribution in [2.75, 3.05) is 0 Å². The van der Waals surface area contributed by atoms with Crippen LogP contribution < -0.4 is 0 Å². The van der Waals surface area contributed by atoms with E-state index in [1.807, 2.05) is 35.1 Å². The molecule has 76 valence electrons. The minimum Gasteiger partial charge on any atom is -0.335 e. The Hall–Kier alpha value is -1.22. The molecular formula is C12H11NOS. The lowest BCUT2D eigenvalue weighted by atomic mass is 9.95. The summed E-state index contributed by atoms with van der Waals surface area (Å²) in [6, 6.07) is 4.07. The molecule has 0 fully saturated rings. The fraction of sp³-hybridized carbons (Fsp3) is 0.250. The number of aromatic nitrogens is 1. The summed E-state index contributed by atoms with van der Waals surface area (Å²) in [4.78, 5) is 12.0. The highest BCUT2D eigenvalue weighted by Gasteiger charge is 2.30. The number of carbonyl (C=O) groups is 1. The number of hydrogen-bond acceptors (Lipinski definition) is 2. The Kier molecular flexibility index (Phi) is 2.06. The molecule has 15 heavy (non-hydrogen) atoms. The Morgan fingerprint density at radius 3 is 3.13 bits per heavy atom. The summed E-state index contributed by atoms with van der Waals surface area (Å²) in [6.07, 6.45) is 10.1. The lowest BCUT2D eigenvalue weighted by molar-refractivity contribution is -0.121. The van der Waals surface area contributed by atoms with Crippen LogP contribution in [0.1, 0.15) is 0 Å². The van der Waals surface area contributed by atoms with Crippen LogP contribution in [0.15, 0.2) is 47.7 Å². The fourth-order valence-corrected chi connectivity index (χ4v) is 3.29. The third kappa shape index (κ3) is 1.47. The maximum atomic E-state index is 12.0. The predicted octanol–water partition coefficient (Wildman–Crippen LogP) is 2.27. The molecule has 1 aromatic rings. The molecule has 0 N–H and O–H groups in total. The number of hydrogen-bond donors (Lipinski definition) is 0. The van der Waals surface area contributed by atoms with Gasteiger partial charge in [-0.3, -0.25) is 4.79 Å². The molecule has 0 aromatic carbocycles. The molecule has 2 aliphatic rings. The van der Waals surface area contributed by atoms with Crippen LogP contribution in [0.5, 0.6) is 0 Å². The SMILES string of the molecule is O=C1Cn2cccc2SC2C=CC=CC12. The Balaban J connectivity index is 2.02. The number of fused-ring (bicyclic) bond motifs is 2. The molecule has 0 amide bonds. The molecule has 2 heterocycles. The molecule has 1 aromatic heterocycles. The monoisotopic (exact) mass is 217 g/mol. The minimum absolute atomic E-state index is 0.0555. The highest BCUT2D eigenvalue weighted by atomic mass is 32.2. The van der Waals surface area contributed by atoms with Crippen molar-refractivity contribution in [2.24, 2.45) is 5.92 Å². The average molecular weight is 217 g/mol. The number of ketones is 1. The van der Waals surface area contributed by atoms with Gasteiger partial charge >= 0.3 is 0 Å². The first-order valence-corrected chi connectivity index (χ1v) is 5.92. The first-order chi connectivity index (χ1) is 7.34. The van der Waals surface area contributed by atoms with E-state index in [-0.39, 0.29) is 11.2 Å². The molecule has 0 saturated carbocycles. The highest BCUT2D eigenvalue weighted by Crippen LogP contribution is 2.35. The topological polar surface area (TPSA) is 22.0 Å². The van der Waals surface area contributed by atoms with Gasteiger partial charge in [0.1, 0.15) is 0 Å². The zero-order valence-electron chi connectivity index (χ0n) is 8.17. The molecule has 2 atom stereocenters. The molecule has 2 nitrogen and oxygen atoms in total. The summed E-state index contributed by atoms with van der Waals surface area (Å²) in [5.74, 6) is 0.364. The third-order valence-electron chi connectivity index (χ3n) is 2.83. The van der Waals surface area contributed by atoms with Crippen molar-refractivity contribution in [3.8, 4) is 0 Å². The van der Waals surface area contributed by atoms with Crippen molar-refractivity contribution in [3.05, 3.63) is 42.6 Å². The molecule has 0 bridgehead atoms. The quantitative estimate of drug-likeness (QED) is 0.665. The molecule has 1 aliphatic heterocycles. The van der Waals surface area contributed by atoms with E-state index in [1.54, 1.807) is 11.8 Å². The molecule has 2 unspecified atom stereocenters. The van der Waals surface area contributed by atoms with E-state index in [2.05, 4.69) is 12.1 Å². The lowest BCUT2D eigenvalue weighted by Crippen LogP contribution is -2.24. The lowest BCUT2D eigenvalue weighted by Gasteiger charge is -2.18. The van der Waals surface area contributed by atoms with Crippen LogP contribution in [-0.2, 0) is 11.3 Å². The number of carbonyl (C=O) groups excluding carboxylic acids is 1. The molecule has 0 saturated heterocycles. The van der Waals surface area contributed by atoms with Crippen molar-refractivity contribution < 1.29 is 4.79 Å². The second-order valence-electron chi connectivity index (χ2n) is 3.82. The van der Waals surface area contributed by atoms with Crippen molar-refractivity contribution in [3.63, 3.8) is 0 Å². The normalized spacial score (nSPS) is 28.4. The van der Waals surface area contributed by atoms with Gasteiger partial charge in [-0.05, 0) is 12.1 Å². The van der Waals surface area contributed by atoms with Crippen LogP contribution in [0.4, 0.5) is 0 Å². The third-order valence-corrected chi connectivity index (χ3v) is 4.16. The van der Waals surface area contributed by atoms with Crippen LogP contribution in [0.2, 0.25) is 0 Å². The molecule has 1 aliphatic carbocycles. The van der Waals surface area contributed by atoms with Gasteiger partial charge in [-0.15, -0.1) is 0 Å². The van der Waals surface area contributed by atoms with Gasteiger partial charge in [0.2, 0.25) is 0 Å². The zero-order chi connectivity index (χ0) is 10.3. The van der Waals surface area contributed by atoms with E-state index in [9.17, 15) is 4.79 Å². The van der Waals surface area contributed by atoms with Crippen molar-refractivity contribution >= 4 is 17.5 Å². The standard InChI is InChI=1S/C12H11NOS/c14-10-8-13-7-3-6-12(13)15-11-5-2-1-4-9(10)11/h1-7,9,11H,8H2. The van der Waals surface area contributed by atoms with Gasteiger partial charge in [0.25, 0.3) is 0 Å². The largest absolute Gasteiger partial charge is 0.335 e. The van der Waals surface area contributed by atoms with Crippen molar-refractivity contribution in [1.29, 1.82) is 0 Å². The average Bonchev–Trinajstić information content (AvgIpc) is 2.61. The van der Waals surface area contributed by atoms with Gasteiger partial charge in [-0.1, -0.05) is 36.1 Å². The van der Waals surface area contributed by atoms with E-state index < -0.39 is 0 Å². The van der Waals surface area contributed by atoms with E-state index in [0.29, 0.717) is 12.3 Å². The van der Waals surface area contributed by atoms with Crippen molar-refractivity contribution in [1.82, 2.24) is 4.57 Å². The van der Waals surface area contributed by atoms with Crippen LogP contribution in [-0.4, -0.2) is 15.6 Å². The molecule has 3 heteroatoms. The predicted molar refractivity (Wildman–Crippen MR) is 60.9 cm³/mol. The van der Waals surface area contributed by atoms with Gasteiger partial charge in [-0.25, -0.2) is 0 Å². The summed E-state index contributed by atoms with van der Waals surface area (Å²) >= 11 is 1.78. The van der Waals surface area contributed by atoms with Gasteiger partial charge < -0.3 is 4.57 Å². The summed E-state index contributed by atoms with van der Waals surface area (Å²) in [6.45, 7) is 0.509. The Bertz CT molecular complexity index is 458. The zero-order valence-corrected chi connectivity index (χ0v) is 8.98. The molecule has 0 spiro atoms. The van der Waals surface area contributed by atoms with E-state index >= 15 is 0 Å². The van der Waals surface area contributed by atoms with Gasteiger partial charge in [0.05, 0.1) is 17.5 Å². The minimum atomic E-state index is 0.0555. The second kappa shape index (κ2) is 3.42. The number of rotatable bonds is 0. The number of nitrogens with zero attached hydrogens (tertiary/aromatic N) is 1. The highest BCUT2D eigenvalue weighted by molar-refractivity contribution is 8.00.